The van der Waals surface area contributed by atoms with Crippen LogP contribution in [-0.4, -0.2) is 31.7 Å². The summed E-state index contributed by atoms with van der Waals surface area (Å²) in [6.45, 7) is 0. The van der Waals surface area contributed by atoms with Crippen LogP contribution in [0.15, 0.2) is 4.79 Å². The largest absolute Gasteiger partial charge is 0.485 e. The molecule has 7 nitrogen and oxygen atoms in total. The molecule has 74 valence electrons. The number of tetrazole rings is 1. The van der Waals surface area contributed by atoms with Crippen LogP contribution < -0.4 is 10.4 Å². The molecule has 14 heavy (non-hydrogen) atoms. The van der Waals surface area contributed by atoms with Gasteiger partial charge in [-0.15, -0.1) is 0 Å². The van der Waals surface area contributed by atoms with E-state index in [4.69, 9.17) is 16.3 Å². The summed E-state index contributed by atoms with van der Waals surface area (Å²) in [5.41, 5.74) is -0.191. The van der Waals surface area contributed by atoms with Crippen LogP contribution in [0.25, 0.3) is 5.69 Å². The molecule has 0 aliphatic carbocycles. The fourth-order valence-corrected chi connectivity index (χ4v) is 1.82. The van der Waals surface area contributed by atoms with Gasteiger partial charge in [0.15, 0.2) is 10.8 Å². The third kappa shape index (κ3) is 1.28. The molecule has 1 N–H and O–H groups in total. The fourth-order valence-electron chi connectivity index (χ4n) is 0.904. The summed E-state index contributed by atoms with van der Waals surface area (Å²) in [5, 5.41) is 9.57. The van der Waals surface area contributed by atoms with E-state index in [-0.39, 0.29) is 5.15 Å². The van der Waals surface area contributed by atoms with Crippen molar-refractivity contribution in [3.8, 4) is 10.8 Å². The van der Waals surface area contributed by atoms with Gasteiger partial charge in [0.2, 0.25) is 5.06 Å². The van der Waals surface area contributed by atoms with E-state index in [9.17, 15) is 4.79 Å². The maximum Gasteiger partial charge on any atom is 0.366 e. The molecular formula is C5H4ClN5O2S. The van der Waals surface area contributed by atoms with Gasteiger partial charge < -0.3 is 4.74 Å². The maximum absolute atomic E-state index is 11.2. The summed E-state index contributed by atoms with van der Waals surface area (Å²) >= 11 is 6.80. The number of hydrogen-bond donors (Lipinski definition) is 1. The second-order valence-electron chi connectivity index (χ2n) is 2.23. The molecule has 0 spiro atoms. The van der Waals surface area contributed by atoms with Crippen molar-refractivity contribution in [1.29, 1.82) is 0 Å². The lowest BCUT2D eigenvalue weighted by molar-refractivity contribution is 0.423. The first kappa shape index (κ1) is 9.16. The molecule has 0 fully saturated rings. The Morgan fingerprint density at radius 3 is 3.00 bits per heavy atom. The first-order chi connectivity index (χ1) is 6.74. The van der Waals surface area contributed by atoms with Crippen molar-refractivity contribution in [2.24, 2.45) is 0 Å². The summed E-state index contributed by atoms with van der Waals surface area (Å²) in [7, 11) is 1.46. The number of nitrogens with one attached hydrogen (secondary N) is 1. The van der Waals surface area contributed by atoms with Crippen molar-refractivity contribution < 1.29 is 4.74 Å². The monoisotopic (exact) mass is 233 g/mol. The number of nitrogens with zero attached hydrogens (tertiary/aromatic N) is 4. The lowest BCUT2D eigenvalue weighted by atomic mass is 10.6. The average molecular weight is 234 g/mol. The predicted molar refractivity (Wildman–Crippen MR) is 49.2 cm³/mol. The molecule has 9 heteroatoms. The molecule has 0 aromatic carbocycles. The molecule has 0 bridgehead atoms. The average Bonchev–Trinajstić information content (AvgIpc) is 2.72. The van der Waals surface area contributed by atoms with Gasteiger partial charge in [0, 0.05) is 11.5 Å². The minimum absolute atomic E-state index is 0.155. The molecule has 0 saturated carbocycles. The molecule has 2 aromatic rings. The zero-order valence-corrected chi connectivity index (χ0v) is 8.46. The topological polar surface area (TPSA) is 85.7 Å². The molecule has 0 radical (unpaired) electrons. The van der Waals surface area contributed by atoms with Crippen LogP contribution in [0.5, 0.6) is 5.06 Å². The van der Waals surface area contributed by atoms with E-state index < -0.39 is 5.69 Å². The summed E-state index contributed by atoms with van der Waals surface area (Å²) in [5.74, 6) is 0. The van der Waals surface area contributed by atoms with Crippen LogP contribution in [0.3, 0.4) is 0 Å². The fraction of sp³-hybridized carbons (Fsp3) is 0.200. The second-order valence-corrected chi connectivity index (χ2v) is 3.33. The number of ether oxygens (including phenoxy) is 1. The maximum atomic E-state index is 11.2. The van der Waals surface area contributed by atoms with Crippen LogP contribution in [0, 0.1) is 0 Å². The molecule has 0 aliphatic rings. The first-order valence-electron chi connectivity index (χ1n) is 3.44. The van der Waals surface area contributed by atoms with Crippen molar-refractivity contribution in [2.45, 2.75) is 0 Å². The Bertz CT molecular complexity index is 502. The number of aromatic amines is 1. The third-order valence-corrected chi connectivity index (χ3v) is 2.63. The van der Waals surface area contributed by atoms with E-state index in [1.165, 1.54) is 7.11 Å². The Hall–Kier alpha value is -1.41. The van der Waals surface area contributed by atoms with Gasteiger partial charge in [-0.05, 0) is 10.4 Å². The highest BCUT2D eigenvalue weighted by atomic mass is 35.5. The Morgan fingerprint density at radius 1 is 1.64 bits per heavy atom. The van der Waals surface area contributed by atoms with Crippen molar-refractivity contribution in [2.75, 3.05) is 7.11 Å². The first-order valence-corrected chi connectivity index (χ1v) is 4.59. The lowest BCUT2D eigenvalue weighted by Crippen LogP contribution is -2.16. The Morgan fingerprint density at radius 2 is 2.43 bits per heavy atom. The van der Waals surface area contributed by atoms with Crippen LogP contribution in [-0.2, 0) is 0 Å². The minimum Gasteiger partial charge on any atom is -0.485 e. The zero-order chi connectivity index (χ0) is 10.1. The zero-order valence-electron chi connectivity index (χ0n) is 6.89. The second kappa shape index (κ2) is 3.39. The number of halogens is 1. The molecular weight excluding hydrogens is 230 g/mol. The van der Waals surface area contributed by atoms with Crippen LogP contribution in [0.1, 0.15) is 0 Å². The number of rotatable bonds is 2. The van der Waals surface area contributed by atoms with E-state index >= 15 is 0 Å². The number of H-pyrrole nitrogens is 1. The van der Waals surface area contributed by atoms with Crippen molar-refractivity contribution in [1.82, 2.24) is 24.6 Å². The van der Waals surface area contributed by atoms with Gasteiger partial charge in [0.05, 0.1) is 7.11 Å². The van der Waals surface area contributed by atoms with Gasteiger partial charge in [0.25, 0.3) is 0 Å². The summed E-state index contributed by atoms with van der Waals surface area (Å²) < 4.78 is 9.79. The summed E-state index contributed by atoms with van der Waals surface area (Å²) in [4.78, 5) is 11.2. The van der Waals surface area contributed by atoms with E-state index in [1.807, 2.05) is 0 Å². The smallest absolute Gasteiger partial charge is 0.366 e. The molecule has 2 rings (SSSR count). The van der Waals surface area contributed by atoms with Crippen LogP contribution in [0.4, 0.5) is 0 Å². The summed E-state index contributed by atoms with van der Waals surface area (Å²) in [6, 6.07) is 0. The van der Waals surface area contributed by atoms with E-state index in [0.29, 0.717) is 10.8 Å². The Kier molecular flexibility index (Phi) is 2.22. The van der Waals surface area contributed by atoms with Gasteiger partial charge in [-0.2, -0.15) is 9.06 Å². The number of aromatic nitrogens is 5. The van der Waals surface area contributed by atoms with Gasteiger partial charge in [-0.3, -0.25) is 0 Å². The van der Waals surface area contributed by atoms with Crippen LogP contribution in [0.2, 0.25) is 5.15 Å². The predicted octanol–water partition coefficient (Wildman–Crippen LogP) is 0.0741. The van der Waals surface area contributed by atoms with Crippen molar-refractivity contribution >= 4 is 23.1 Å². The molecule has 0 aliphatic heterocycles. The molecule has 0 unspecified atom stereocenters. The molecule has 2 heterocycles. The lowest BCUT2D eigenvalue weighted by Gasteiger charge is -1.97. The van der Waals surface area contributed by atoms with Crippen molar-refractivity contribution in [3.63, 3.8) is 0 Å². The Balaban J connectivity index is 2.66. The number of hydrogen-bond acceptors (Lipinski definition) is 6. The SMILES string of the molecule is COc1snc(Cl)c1-n1nn[nH]c1=O. The van der Waals surface area contributed by atoms with E-state index in [2.05, 4.69) is 19.9 Å². The van der Waals surface area contributed by atoms with Gasteiger partial charge >= 0.3 is 5.69 Å². The highest BCUT2D eigenvalue weighted by Gasteiger charge is 2.17. The highest BCUT2D eigenvalue weighted by Crippen LogP contribution is 2.32. The normalized spacial score (nSPS) is 10.4. The highest BCUT2D eigenvalue weighted by molar-refractivity contribution is 7.08. The molecule has 0 saturated heterocycles. The van der Waals surface area contributed by atoms with E-state index in [0.717, 1.165) is 16.2 Å². The minimum atomic E-state index is -0.495. The van der Waals surface area contributed by atoms with E-state index in [1.54, 1.807) is 0 Å². The van der Waals surface area contributed by atoms with Crippen LogP contribution >= 0.6 is 23.1 Å². The van der Waals surface area contributed by atoms with Gasteiger partial charge in [-0.1, -0.05) is 11.6 Å². The molecule has 0 amide bonds. The van der Waals surface area contributed by atoms with Crippen molar-refractivity contribution in [3.05, 3.63) is 15.6 Å². The molecule has 0 atom stereocenters. The van der Waals surface area contributed by atoms with Gasteiger partial charge in [-0.25, -0.2) is 9.89 Å². The quantitative estimate of drug-likeness (QED) is 0.794. The third-order valence-electron chi connectivity index (χ3n) is 1.47. The standard InChI is InChI=1S/C5H4ClN5O2S/c1-13-4-2(3(6)8-14-4)11-5(12)7-9-10-11/h1H3,(H,7,10,12). The Labute approximate surface area is 86.4 Å². The van der Waals surface area contributed by atoms with Gasteiger partial charge in [0.1, 0.15) is 0 Å². The summed E-state index contributed by atoms with van der Waals surface area (Å²) in [6.07, 6.45) is 0. The molecule has 2 aromatic heterocycles. The number of methoxy groups -OCH3 is 1.